The van der Waals surface area contributed by atoms with E-state index in [4.69, 9.17) is 5.11 Å². The van der Waals surface area contributed by atoms with Crippen molar-refractivity contribution in [2.75, 3.05) is 5.32 Å². The maximum atomic E-state index is 13.1. The van der Waals surface area contributed by atoms with Crippen LogP contribution in [0.25, 0.3) is 11.0 Å². The molecule has 0 radical (unpaired) electrons. The summed E-state index contributed by atoms with van der Waals surface area (Å²) in [6, 6.07) is 6.81. The number of nitrogens with one attached hydrogen (secondary N) is 2. The second-order valence-corrected chi connectivity index (χ2v) is 7.91. The average Bonchev–Trinajstić information content (AvgIpc) is 3.22. The molecule has 1 saturated carbocycles. The van der Waals surface area contributed by atoms with E-state index >= 15 is 0 Å². The quantitative estimate of drug-likeness (QED) is 0.535. The van der Waals surface area contributed by atoms with Crippen LogP contribution in [0, 0.1) is 0 Å². The van der Waals surface area contributed by atoms with Gasteiger partial charge in [-0.15, -0.1) is 0 Å². The fourth-order valence-electron chi connectivity index (χ4n) is 4.08. The number of nitrogens with zero attached hydrogens (tertiary/aromatic N) is 3. The molecule has 3 N–H and O–H groups in total. The number of carbonyl (C=O) groups excluding carboxylic acids is 1. The number of anilines is 1. The lowest BCUT2D eigenvalue weighted by molar-refractivity contribution is 0.0696. The number of pyridine rings is 1. The second-order valence-electron chi connectivity index (χ2n) is 7.91. The monoisotopic (exact) mass is 421 g/mol. The first-order valence-corrected chi connectivity index (χ1v) is 10.8. The summed E-state index contributed by atoms with van der Waals surface area (Å²) in [6.07, 6.45) is 9.20. The van der Waals surface area contributed by atoms with Crippen LogP contribution < -0.4 is 10.6 Å². The summed E-state index contributed by atoms with van der Waals surface area (Å²) in [4.78, 5) is 28.6. The Kier molecular flexibility index (Phi) is 6.16. The maximum Gasteiger partial charge on any atom is 0.335 e. The molecule has 2 aromatic heterocycles. The topological polar surface area (TPSA) is 109 Å². The van der Waals surface area contributed by atoms with E-state index < -0.39 is 5.97 Å². The molecule has 1 fully saturated rings. The first kappa shape index (κ1) is 20.8. The molecule has 0 bridgehead atoms. The van der Waals surface area contributed by atoms with Gasteiger partial charge in [0.05, 0.1) is 28.4 Å². The lowest BCUT2D eigenvalue weighted by Crippen LogP contribution is -2.27. The van der Waals surface area contributed by atoms with Crippen molar-refractivity contribution in [2.24, 2.45) is 0 Å². The molecule has 1 aromatic carbocycles. The van der Waals surface area contributed by atoms with E-state index in [0.29, 0.717) is 24.7 Å². The highest BCUT2D eigenvalue weighted by molar-refractivity contribution is 6.06. The van der Waals surface area contributed by atoms with Gasteiger partial charge in [0.2, 0.25) is 0 Å². The molecule has 0 unspecified atom stereocenters. The number of carboxylic acids is 1. The molecule has 3 aromatic rings. The molecule has 1 amide bonds. The summed E-state index contributed by atoms with van der Waals surface area (Å²) in [5.74, 6) is -1.19. The van der Waals surface area contributed by atoms with Crippen molar-refractivity contribution in [1.82, 2.24) is 20.1 Å². The lowest BCUT2D eigenvalue weighted by atomic mass is 9.95. The minimum absolute atomic E-state index is 0.219. The van der Waals surface area contributed by atoms with Crippen molar-refractivity contribution in [3.8, 4) is 0 Å². The van der Waals surface area contributed by atoms with Crippen molar-refractivity contribution < 1.29 is 14.7 Å². The van der Waals surface area contributed by atoms with Gasteiger partial charge in [-0.3, -0.25) is 4.79 Å². The molecule has 162 valence electrons. The number of rotatable bonds is 7. The van der Waals surface area contributed by atoms with E-state index in [1.807, 2.05) is 11.6 Å². The van der Waals surface area contributed by atoms with Crippen LogP contribution in [0.2, 0.25) is 0 Å². The number of carbonyl (C=O) groups is 2. The average molecular weight is 422 g/mol. The van der Waals surface area contributed by atoms with Gasteiger partial charge in [0.15, 0.2) is 5.65 Å². The van der Waals surface area contributed by atoms with Crippen LogP contribution in [0.4, 0.5) is 5.69 Å². The molecule has 2 heterocycles. The van der Waals surface area contributed by atoms with E-state index in [2.05, 4.69) is 20.7 Å². The zero-order chi connectivity index (χ0) is 21.8. The third kappa shape index (κ3) is 4.52. The van der Waals surface area contributed by atoms with Crippen molar-refractivity contribution in [2.45, 2.75) is 58.2 Å². The molecule has 8 nitrogen and oxygen atoms in total. The van der Waals surface area contributed by atoms with Crippen LogP contribution in [0.15, 0.2) is 36.7 Å². The number of hydrogen-bond acceptors (Lipinski definition) is 5. The van der Waals surface area contributed by atoms with Gasteiger partial charge in [0.1, 0.15) is 0 Å². The fraction of sp³-hybridized carbons (Fsp3) is 0.391. The Labute approximate surface area is 180 Å². The largest absolute Gasteiger partial charge is 0.478 e. The van der Waals surface area contributed by atoms with E-state index in [1.54, 1.807) is 24.5 Å². The van der Waals surface area contributed by atoms with Gasteiger partial charge >= 0.3 is 5.97 Å². The first-order chi connectivity index (χ1) is 15.1. The highest BCUT2D eigenvalue weighted by Crippen LogP contribution is 2.30. The molecule has 1 aliphatic carbocycles. The molecule has 31 heavy (non-hydrogen) atoms. The standard InChI is InChI=1S/C23H27N5O3/c1-2-28-21-18(14-26-28)20(27-17-6-4-3-5-7-17)19(13-24-21)22(29)25-12-15-8-10-16(11-9-15)23(30)31/h8-11,13-14,17H,2-7,12H2,1H3,(H,24,27)(H,25,29)(H,30,31). The zero-order valence-corrected chi connectivity index (χ0v) is 17.6. The summed E-state index contributed by atoms with van der Waals surface area (Å²) in [5.41, 5.74) is 3.09. The molecule has 0 spiro atoms. The third-order valence-corrected chi connectivity index (χ3v) is 5.82. The van der Waals surface area contributed by atoms with Crippen molar-refractivity contribution >= 4 is 28.6 Å². The van der Waals surface area contributed by atoms with E-state index in [9.17, 15) is 9.59 Å². The second kappa shape index (κ2) is 9.16. The van der Waals surface area contributed by atoms with E-state index in [1.165, 1.54) is 31.4 Å². The molecular formula is C23H27N5O3. The van der Waals surface area contributed by atoms with E-state index in [-0.39, 0.29) is 11.5 Å². The summed E-state index contributed by atoms with van der Waals surface area (Å²) in [6.45, 7) is 3.02. The van der Waals surface area contributed by atoms with Crippen LogP contribution >= 0.6 is 0 Å². The highest BCUT2D eigenvalue weighted by atomic mass is 16.4. The van der Waals surface area contributed by atoms with Gasteiger partial charge < -0.3 is 15.7 Å². The number of aryl methyl sites for hydroxylation is 1. The highest BCUT2D eigenvalue weighted by Gasteiger charge is 2.21. The maximum absolute atomic E-state index is 13.1. The summed E-state index contributed by atoms with van der Waals surface area (Å²) >= 11 is 0. The van der Waals surface area contributed by atoms with Crippen molar-refractivity contribution in [3.63, 3.8) is 0 Å². The van der Waals surface area contributed by atoms with Gasteiger partial charge in [0, 0.05) is 25.3 Å². The van der Waals surface area contributed by atoms with Gasteiger partial charge in [-0.2, -0.15) is 5.10 Å². The first-order valence-electron chi connectivity index (χ1n) is 10.8. The van der Waals surface area contributed by atoms with E-state index in [0.717, 1.165) is 35.1 Å². The smallest absolute Gasteiger partial charge is 0.335 e. The number of hydrogen-bond donors (Lipinski definition) is 3. The van der Waals surface area contributed by atoms with Crippen LogP contribution in [-0.4, -0.2) is 37.8 Å². The molecule has 0 aliphatic heterocycles. The lowest BCUT2D eigenvalue weighted by Gasteiger charge is -2.25. The van der Waals surface area contributed by atoms with Crippen molar-refractivity contribution in [3.05, 3.63) is 53.3 Å². The minimum atomic E-state index is -0.971. The number of aromatic nitrogens is 3. The summed E-state index contributed by atoms with van der Waals surface area (Å²) < 4.78 is 1.83. The van der Waals surface area contributed by atoms with Crippen LogP contribution in [0.1, 0.15) is 65.3 Å². The third-order valence-electron chi connectivity index (χ3n) is 5.82. The molecule has 0 atom stereocenters. The number of carboxylic acid groups (broad SMARTS) is 1. The van der Waals surface area contributed by atoms with Crippen LogP contribution in [-0.2, 0) is 13.1 Å². The van der Waals surface area contributed by atoms with Gasteiger partial charge in [-0.25, -0.2) is 14.5 Å². The zero-order valence-electron chi connectivity index (χ0n) is 17.6. The number of benzene rings is 1. The Morgan fingerprint density at radius 3 is 2.55 bits per heavy atom. The fourth-order valence-corrected chi connectivity index (χ4v) is 4.08. The minimum Gasteiger partial charge on any atom is -0.478 e. The van der Waals surface area contributed by atoms with Gasteiger partial charge in [-0.1, -0.05) is 31.4 Å². The number of amides is 1. The molecule has 1 aliphatic rings. The Bertz CT molecular complexity index is 1080. The van der Waals surface area contributed by atoms with Crippen molar-refractivity contribution in [1.29, 1.82) is 0 Å². The molecular weight excluding hydrogens is 394 g/mol. The van der Waals surface area contributed by atoms with Crippen LogP contribution in [0.5, 0.6) is 0 Å². The van der Waals surface area contributed by atoms with Crippen LogP contribution in [0.3, 0.4) is 0 Å². The van der Waals surface area contributed by atoms with Gasteiger partial charge in [0.25, 0.3) is 5.91 Å². The Balaban J connectivity index is 1.58. The number of fused-ring (bicyclic) bond motifs is 1. The predicted octanol–water partition coefficient (Wildman–Crippen LogP) is 3.82. The molecule has 8 heteroatoms. The normalized spacial score (nSPS) is 14.5. The Morgan fingerprint density at radius 1 is 1.13 bits per heavy atom. The number of aromatic carboxylic acids is 1. The Hall–Kier alpha value is -3.42. The molecule has 0 saturated heterocycles. The summed E-state index contributed by atoms with van der Waals surface area (Å²) in [7, 11) is 0. The predicted molar refractivity (Wildman–Crippen MR) is 118 cm³/mol. The molecule has 4 rings (SSSR count). The SMILES string of the molecule is CCn1ncc2c(NC3CCCCC3)c(C(=O)NCc3ccc(C(=O)O)cc3)cnc21. The Morgan fingerprint density at radius 2 is 1.87 bits per heavy atom. The van der Waals surface area contributed by atoms with Gasteiger partial charge in [-0.05, 0) is 37.5 Å². The summed E-state index contributed by atoms with van der Waals surface area (Å²) in [5, 5.41) is 20.8.